The fourth-order valence-corrected chi connectivity index (χ4v) is 2.78. The average Bonchev–Trinajstić information content (AvgIpc) is 2.65. The molecular weight excluding hydrogens is 361 g/mol. The van der Waals surface area contributed by atoms with E-state index in [1.807, 2.05) is 32.0 Å². The molecule has 2 rings (SSSR count). The standard InChI is InChI=1S/C22H26FNO4/c1-15-6-7-16(2)20(13-15)28-12-4-3-5-21(25)24-14-19(22(26)27)17-8-10-18(23)11-9-17/h6-11,13,19H,3-5,12,14H2,1-2H3,(H,24,25)(H,26,27). The summed E-state index contributed by atoms with van der Waals surface area (Å²) in [5, 5.41) is 12.0. The van der Waals surface area contributed by atoms with Gasteiger partial charge in [-0.2, -0.15) is 0 Å². The Balaban J connectivity index is 1.70. The van der Waals surface area contributed by atoms with E-state index in [9.17, 15) is 19.1 Å². The topological polar surface area (TPSA) is 75.6 Å². The van der Waals surface area contributed by atoms with Gasteiger partial charge in [-0.15, -0.1) is 0 Å². The molecule has 0 bridgehead atoms. The molecule has 0 heterocycles. The summed E-state index contributed by atoms with van der Waals surface area (Å²) in [4.78, 5) is 23.4. The molecule has 1 atom stereocenters. The lowest BCUT2D eigenvalue weighted by atomic mass is 9.99. The molecule has 0 spiro atoms. The number of aliphatic carboxylic acids is 1. The van der Waals surface area contributed by atoms with Gasteiger partial charge in [0.05, 0.1) is 12.5 Å². The van der Waals surface area contributed by atoms with Crippen LogP contribution in [0, 0.1) is 19.7 Å². The third-order valence-corrected chi connectivity index (χ3v) is 4.47. The van der Waals surface area contributed by atoms with Gasteiger partial charge in [-0.3, -0.25) is 9.59 Å². The summed E-state index contributed by atoms with van der Waals surface area (Å²) >= 11 is 0. The van der Waals surface area contributed by atoms with Crippen molar-refractivity contribution in [1.82, 2.24) is 5.32 Å². The molecule has 0 fully saturated rings. The second-order valence-electron chi connectivity index (χ2n) is 6.82. The van der Waals surface area contributed by atoms with Gasteiger partial charge in [-0.1, -0.05) is 24.3 Å². The summed E-state index contributed by atoms with van der Waals surface area (Å²) in [5.41, 5.74) is 2.66. The molecule has 1 unspecified atom stereocenters. The third kappa shape index (κ3) is 6.68. The molecule has 1 amide bonds. The second-order valence-corrected chi connectivity index (χ2v) is 6.82. The number of carbonyl (C=O) groups excluding carboxylic acids is 1. The Morgan fingerprint density at radius 2 is 1.82 bits per heavy atom. The molecule has 0 aliphatic rings. The Morgan fingerprint density at radius 3 is 2.50 bits per heavy atom. The first-order chi connectivity index (χ1) is 13.4. The highest BCUT2D eigenvalue weighted by molar-refractivity contribution is 5.79. The number of amides is 1. The Bertz CT molecular complexity index is 805. The van der Waals surface area contributed by atoms with E-state index >= 15 is 0 Å². The number of carbonyl (C=O) groups is 2. The Hall–Kier alpha value is -2.89. The zero-order chi connectivity index (χ0) is 20.5. The van der Waals surface area contributed by atoms with Gasteiger partial charge >= 0.3 is 5.97 Å². The van der Waals surface area contributed by atoms with Crippen LogP contribution in [0.2, 0.25) is 0 Å². The van der Waals surface area contributed by atoms with E-state index < -0.39 is 17.7 Å². The van der Waals surface area contributed by atoms with Gasteiger partial charge in [0.25, 0.3) is 0 Å². The molecule has 5 nitrogen and oxygen atoms in total. The number of rotatable bonds is 10. The number of ether oxygens (including phenoxy) is 1. The van der Waals surface area contributed by atoms with Crippen LogP contribution in [-0.4, -0.2) is 30.1 Å². The minimum atomic E-state index is -1.06. The first-order valence-corrected chi connectivity index (χ1v) is 9.32. The fraction of sp³-hybridized carbons (Fsp3) is 0.364. The van der Waals surface area contributed by atoms with Gasteiger partial charge in [0, 0.05) is 13.0 Å². The molecule has 2 aromatic carbocycles. The van der Waals surface area contributed by atoms with E-state index in [2.05, 4.69) is 5.32 Å². The lowest BCUT2D eigenvalue weighted by Gasteiger charge is -2.14. The number of carboxylic acids is 1. The highest BCUT2D eigenvalue weighted by Crippen LogP contribution is 2.19. The lowest BCUT2D eigenvalue weighted by Crippen LogP contribution is -2.31. The van der Waals surface area contributed by atoms with Gasteiger partial charge < -0.3 is 15.2 Å². The molecule has 0 aromatic heterocycles. The van der Waals surface area contributed by atoms with Crippen molar-refractivity contribution >= 4 is 11.9 Å². The van der Waals surface area contributed by atoms with Crippen LogP contribution in [0.4, 0.5) is 4.39 Å². The molecule has 0 aliphatic carbocycles. The number of hydrogen-bond acceptors (Lipinski definition) is 3. The van der Waals surface area contributed by atoms with Crippen molar-refractivity contribution < 1.29 is 23.8 Å². The molecule has 150 valence electrons. The van der Waals surface area contributed by atoms with Crippen molar-refractivity contribution in [1.29, 1.82) is 0 Å². The second kappa shape index (κ2) is 10.4. The number of nitrogens with one attached hydrogen (secondary N) is 1. The van der Waals surface area contributed by atoms with E-state index in [0.29, 0.717) is 25.0 Å². The Labute approximate surface area is 164 Å². The molecular formula is C22H26FNO4. The predicted molar refractivity (Wildman–Crippen MR) is 105 cm³/mol. The number of carboxylic acid groups (broad SMARTS) is 1. The van der Waals surface area contributed by atoms with Gasteiger partial charge in [-0.05, 0) is 61.6 Å². The van der Waals surface area contributed by atoms with Crippen LogP contribution in [-0.2, 0) is 9.59 Å². The largest absolute Gasteiger partial charge is 0.493 e. The van der Waals surface area contributed by atoms with Gasteiger partial charge in [-0.25, -0.2) is 4.39 Å². The Kier molecular flexibility index (Phi) is 7.99. The van der Waals surface area contributed by atoms with Crippen LogP contribution >= 0.6 is 0 Å². The molecule has 0 aliphatic heterocycles. The van der Waals surface area contributed by atoms with Crippen molar-refractivity contribution in [3.63, 3.8) is 0 Å². The first kappa shape index (κ1) is 21.4. The molecule has 0 saturated carbocycles. The van der Waals surface area contributed by atoms with Gasteiger partial charge in [0.15, 0.2) is 0 Å². The highest BCUT2D eigenvalue weighted by atomic mass is 19.1. The van der Waals surface area contributed by atoms with E-state index in [1.165, 1.54) is 24.3 Å². The summed E-state index contributed by atoms with van der Waals surface area (Å²) < 4.78 is 18.7. The third-order valence-electron chi connectivity index (χ3n) is 4.47. The molecule has 28 heavy (non-hydrogen) atoms. The normalized spacial score (nSPS) is 11.7. The van der Waals surface area contributed by atoms with Gasteiger partial charge in [0.2, 0.25) is 5.91 Å². The van der Waals surface area contributed by atoms with Crippen LogP contribution in [0.1, 0.15) is 41.9 Å². The number of benzene rings is 2. The van der Waals surface area contributed by atoms with Crippen LogP contribution in [0.15, 0.2) is 42.5 Å². The highest BCUT2D eigenvalue weighted by Gasteiger charge is 2.20. The SMILES string of the molecule is Cc1ccc(C)c(OCCCCC(=O)NCC(C(=O)O)c2ccc(F)cc2)c1. The van der Waals surface area contributed by atoms with Crippen molar-refractivity contribution in [2.24, 2.45) is 0 Å². The number of unbranched alkanes of at least 4 members (excludes halogenated alkanes) is 1. The monoisotopic (exact) mass is 387 g/mol. The van der Waals surface area contributed by atoms with Crippen molar-refractivity contribution in [3.05, 3.63) is 65.0 Å². The zero-order valence-corrected chi connectivity index (χ0v) is 16.2. The van der Waals surface area contributed by atoms with E-state index in [-0.39, 0.29) is 12.5 Å². The number of aryl methyl sites for hydroxylation is 2. The summed E-state index contributed by atoms with van der Waals surface area (Å²) in [5.74, 6) is -1.75. The number of hydrogen-bond donors (Lipinski definition) is 2. The summed E-state index contributed by atoms with van der Waals surface area (Å²) in [7, 11) is 0. The first-order valence-electron chi connectivity index (χ1n) is 9.32. The zero-order valence-electron chi connectivity index (χ0n) is 16.2. The van der Waals surface area contributed by atoms with Crippen LogP contribution in [0.3, 0.4) is 0 Å². The van der Waals surface area contributed by atoms with E-state index in [0.717, 1.165) is 23.3 Å². The van der Waals surface area contributed by atoms with Crippen LogP contribution < -0.4 is 10.1 Å². The minimum Gasteiger partial charge on any atom is -0.493 e. The quantitative estimate of drug-likeness (QED) is 0.605. The molecule has 0 saturated heterocycles. The maximum atomic E-state index is 13.0. The van der Waals surface area contributed by atoms with Crippen LogP contribution in [0.5, 0.6) is 5.75 Å². The number of halogens is 1. The maximum Gasteiger partial charge on any atom is 0.312 e. The lowest BCUT2D eigenvalue weighted by molar-refractivity contribution is -0.138. The summed E-state index contributed by atoms with van der Waals surface area (Å²) in [6.45, 7) is 4.48. The molecule has 0 radical (unpaired) electrons. The van der Waals surface area contributed by atoms with Crippen molar-refractivity contribution in [3.8, 4) is 5.75 Å². The minimum absolute atomic E-state index is 0.0290. The van der Waals surface area contributed by atoms with Crippen LogP contribution in [0.25, 0.3) is 0 Å². The maximum absolute atomic E-state index is 13.0. The van der Waals surface area contributed by atoms with Gasteiger partial charge in [0.1, 0.15) is 11.6 Å². The van der Waals surface area contributed by atoms with Crippen molar-refractivity contribution in [2.45, 2.75) is 39.0 Å². The van der Waals surface area contributed by atoms with E-state index in [4.69, 9.17) is 4.74 Å². The predicted octanol–water partition coefficient (Wildman–Crippen LogP) is 3.98. The molecule has 2 N–H and O–H groups in total. The average molecular weight is 387 g/mol. The molecule has 2 aromatic rings. The summed E-state index contributed by atoms with van der Waals surface area (Å²) in [6, 6.07) is 11.3. The fourth-order valence-electron chi connectivity index (χ4n) is 2.78. The Morgan fingerprint density at radius 1 is 1.11 bits per heavy atom. The molecule has 6 heteroatoms. The van der Waals surface area contributed by atoms with E-state index in [1.54, 1.807) is 0 Å². The summed E-state index contributed by atoms with van der Waals surface area (Å²) in [6.07, 6.45) is 1.66. The smallest absolute Gasteiger partial charge is 0.312 e. The van der Waals surface area contributed by atoms with Crippen molar-refractivity contribution in [2.75, 3.05) is 13.2 Å².